The summed E-state index contributed by atoms with van der Waals surface area (Å²) in [5.74, 6) is 0.865. The third-order valence-electron chi connectivity index (χ3n) is 1.69. The molecule has 0 aromatic carbocycles. The van der Waals surface area contributed by atoms with Crippen molar-refractivity contribution in [2.75, 3.05) is 12.4 Å². The van der Waals surface area contributed by atoms with E-state index in [0.29, 0.717) is 11.5 Å². The first-order chi connectivity index (χ1) is 4.14. The second-order valence-electron chi connectivity index (χ2n) is 3.48. The molecular weight excluding hydrogens is 132 g/mol. The molecule has 1 aliphatic heterocycles. The smallest absolute Gasteiger partial charge is 0.0669 e. The fraction of sp³-hybridized carbons (Fsp3) is 1.00. The molecule has 1 heterocycles. The first-order valence-corrected chi connectivity index (χ1v) is 4.00. The van der Waals surface area contributed by atoms with Crippen molar-refractivity contribution in [2.45, 2.75) is 26.4 Å². The Hall–Kier alpha value is 0.310. The van der Waals surface area contributed by atoms with E-state index in [0.717, 1.165) is 18.8 Å². The molecule has 0 N–H and O–H groups in total. The predicted molar refractivity (Wildman–Crippen MR) is 42.0 cm³/mol. The van der Waals surface area contributed by atoms with Crippen LogP contribution >= 0.6 is 12.6 Å². The second-order valence-corrected chi connectivity index (χ2v) is 3.85. The summed E-state index contributed by atoms with van der Waals surface area (Å²) in [7, 11) is 0. The van der Waals surface area contributed by atoms with Crippen molar-refractivity contribution in [3.63, 3.8) is 0 Å². The Balaban J connectivity index is 2.38. The highest BCUT2D eigenvalue weighted by molar-refractivity contribution is 7.80. The highest BCUT2D eigenvalue weighted by atomic mass is 32.1. The first-order valence-electron chi connectivity index (χ1n) is 3.36. The molecular formula is C7H14OS. The van der Waals surface area contributed by atoms with Crippen LogP contribution in [0.15, 0.2) is 0 Å². The summed E-state index contributed by atoms with van der Waals surface area (Å²) in [5.41, 5.74) is 0.396. The molecule has 0 spiro atoms. The van der Waals surface area contributed by atoms with Crippen molar-refractivity contribution in [3.05, 3.63) is 0 Å². The van der Waals surface area contributed by atoms with Gasteiger partial charge in [0.2, 0.25) is 0 Å². The molecule has 54 valence electrons. The molecule has 0 aromatic rings. The molecule has 1 aliphatic rings. The fourth-order valence-corrected chi connectivity index (χ4v) is 1.43. The number of rotatable bonds is 1. The Kier molecular flexibility index (Phi) is 2.07. The second kappa shape index (κ2) is 2.51. The van der Waals surface area contributed by atoms with E-state index in [2.05, 4.69) is 26.5 Å². The minimum Gasteiger partial charge on any atom is -0.377 e. The van der Waals surface area contributed by atoms with Crippen LogP contribution in [0, 0.1) is 5.41 Å². The van der Waals surface area contributed by atoms with Gasteiger partial charge in [0.25, 0.3) is 0 Å². The van der Waals surface area contributed by atoms with Crippen molar-refractivity contribution in [3.8, 4) is 0 Å². The number of ether oxygens (including phenoxy) is 1. The van der Waals surface area contributed by atoms with Crippen molar-refractivity contribution >= 4 is 12.6 Å². The van der Waals surface area contributed by atoms with Crippen LogP contribution in [0.2, 0.25) is 0 Å². The fourth-order valence-electron chi connectivity index (χ4n) is 1.19. The van der Waals surface area contributed by atoms with E-state index in [9.17, 15) is 0 Å². The van der Waals surface area contributed by atoms with Crippen molar-refractivity contribution in [1.29, 1.82) is 0 Å². The monoisotopic (exact) mass is 146 g/mol. The summed E-state index contributed by atoms with van der Waals surface area (Å²) >= 11 is 4.17. The zero-order valence-corrected chi connectivity index (χ0v) is 6.95. The number of hydrogen-bond acceptors (Lipinski definition) is 2. The Morgan fingerprint density at radius 1 is 1.67 bits per heavy atom. The minimum atomic E-state index is 0.396. The van der Waals surface area contributed by atoms with Gasteiger partial charge in [0.1, 0.15) is 0 Å². The molecule has 9 heavy (non-hydrogen) atoms. The minimum absolute atomic E-state index is 0.396. The molecule has 1 saturated heterocycles. The third-order valence-corrected chi connectivity index (χ3v) is 2.10. The van der Waals surface area contributed by atoms with Gasteiger partial charge < -0.3 is 4.74 Å². The topological polar surface area (TPSA) is 9.23 Å². The van der Waals surface area contributed by atoms with E-state index >= 15 is 0 Å². The van der Waals surface area contributed by atoms with Gasteiger partial charge in [-0.1, -0.05) is 13.8 Å². The highest BCUT2D eigenvalue weighted by Crippen LogP contribution is 2.31. The molecule has 2 heteroatoms. The van der Waals surface area contributed by atoms with Gasteiger partial charge >= 0.3 is 0 Å². The molecule has 0 amide bonds. The van der Waals surface area contributed by atoms with Crippen molar-refractivity contribution in [2.24, 2.45) is 5.41 Å². The van der Waals surface area contributed by atoms with Crippen LogP contribution in [-0.2, 0) is 4.74 Å². The maximum atomic E-state index is 5.44. The highest BCUT2D eigenvalue weighted by Gasteiger charge is 2.30. The summed E-state index contributed by atoms with van der Waals surface area (Å²) in [6.07, 6.45) is 1.57. The van der Waals surface area contributed by atoms with Crippen LogP contribution in [0.25, 0.3) is 0 Å². The quantitative estimate of drug-likeness (QED) is 0.554. The van der Waals surface area contributed by atoms with E-state index in [1.54, 1.807) is 0 Å². The van der Waals surface area contributed by atoms with Crippen LogP contribution in [0.1, 0.15) is 20.3 Å². The zero-order chi connectivity index (χ0) is 6.91. The largest absolute Gasteiger partial charge is 0.377 e. The summed E-state index contributed by atoms with van der Waals surface area (Å²) < 4.78 is 5.44. The molecule has 0 aliphatic carbocycles. The van der Waals surface area contributed by atoms with Gasteiger partial charge in [-0.2, -0.15) is 12.6 Å². The van der Waals surface area contributed by atoms with Crippen molar-refractivity contribution < 1.29 is 4.74 Å². The van der Waals surface area contributed by atoms with Crippen LogP contribution in [0.5, 0.6) is 0 Å². The SMILES string of the molecule is CC1(C)COC(CS)C1. The lowest BCUT2D eigenvalue weighted by Gasteiger charge is -2.12. The molecule has 1 atom stereocenters. The van der Waals surface area contributed by atoms with Crippen LogP contribution in [-0.4, -0.2) is 18.5 Å². The first kappa shape index (κ1) is 7.42. The van der Waals surface area contributed by atoms with Gasteiger partial charge in [0.15, 0.2) is 0 Å². The molecule has 1 fully saturated rings. The summed E-state index contributed by atoms with van der Waals surface area (Å²) in [5, 5.41) is 0. The lowest BCUT2D eigenvalue weighted by molar-refractivity contribution is 0.115. The average Bonchev–Trinajstić information content (AvgIpc) is 2.10. The lowest BCUT2D eigenvalue weighted by atomic mass is 9.91. The van der Waals surface area contributed by atoms with Gasteiger partial charge in [-0.15, -0.1) is 0 Å². The summed E-state index contributed by atoms with van der Waals surface area (Å²) in [4.78, 5) is 0. The van der Waals surface area contributed by atoms with E-state index in [4.69, 9.17) is 4.74 Å². The summed E-state index contributed by atoms with van der Waals surface area (Å²) in [6, 6.07) is 0. The maximum absolute atomic E-state index is 5.44. The molecule has 0 aromatic heterocycles. The molecule has 0 bridgehead atoms. The Labute approximate surface area is 62.2 Å². The predicted octanol–water partition coefficient (Wildman–Crippen LogP) is 1.73. The van der Waals surface area contributed by atoms with Crippen LogP contribution < -0.4 is 0 Å². The number of hydrogen-bond donors (Lipinski definition) is 1. The van der Waals surface area contributed by atoms with E-state index in [-0.39, 0.29) is 0 Å². The Morgan fingerprint density at radius 3 is 2.56 bits per heavy atom. The molecule has 1 unspecified atom stereocenters. The van der Waals surface area contributed by atoms with Gasteiger partial charge in [-0.25, -0.2) is 0 Å². The maximum Gasteiger partial charge on any atom is 0.0669 e. The van der Waals surface area contributed by atoms with Gasteiger partial charge in [0, 0.05) is 5.75 Å². The van der Waals surface area contributed by atoms with Gasteiger partial charge in [0.05, 0.1) is 12.7 Å². The third kappa shape index (κ3) is 1.87. The molecule has 0 radical (unpaired) electrons. The number of thiol groups is 1. The van der Waals surface area contributed by atoms with Crippen LogP contribution in [0.4, 0.5) is 0 Å². The van der Waals surface area contributed by atoms with Gasteiger partial charge in [-0.3, -0.25) is 0 Å². The Morgan fingerprint density at radius 2 is 2.33 bits per heavy atom. The van der Waals surface area contributed by atoms with E-state index in [1.807, 2.05) is 0 Å². The summed E-state index contributed by atoms with van der Waals surface area (Å²) in [6.45, 7) is 5.37. The standard InChI is InChI=1S/C7H14OS/c1-7(2)3-6(4-9)8-5-7/h6,9H,3-5H2,1-2H3. The van der Waals surface area contributed by atoms with E-state index in [1.165, 1.54) is 0 Å². The molecule has 1 rings (SSSR count). The molecule has 1 nitrogen and oxygen atoms in total. The van der Waals surface area contributed by atoms with Crippen LogP contribution in [0.3, 0.4) is 0 Å². The van der Waals surface area contributed by atoms with Gasteiger partial charge in [-0.05, 0) is 11.8 Å². The van der Waals surface area contributed by atoms with Crippen molar-refractivity contribution in [1.82, 2.24) is 0 Å². The average molecular weight is 146 g/mol. The zero-order valence-electron chi connectivity index (χ0n) is 6.05. The lowest BCUT2D eigenvalue weighted by Crippen LogP contribution is -2.10. The molecule has 0 saturated carbocycles. The van der Waals surface area contributed by atoms with E-state index < -0.39 is 0 Å². The normalized spacial score (nSPS) is 33.0. The Bertz CT molecular complexity index is 101.